The second-order valence-corrected chi connectivity index (χ2v) is 6.00. The van der Waals surface area contributed by atoms with Crippen molar-refractivity contribution in [2.75, 3.05) is 10.6 Å². The number of amides is 2. The Labute approximate surface area is 125 Å². The smallest absolute Gasteiger partial charge is 0.227 e. The van der Waals surface area contributed by atoms with Gasteiger partial charge in [0.1, 0.15) is 0 Å². The van der Waals surface area contributed by atoms with Gasteiger partial charge in [0.25, 0.3) is 0 Å². The first-order valence-electron chi connectivity index (χ1n) is 7.42. The van der Waals surface area contributed by atoms with Crippen LogP contribution < -0.4 is 16.4 Å². The third-order valence-electron chi connectivity index (χ3n) is 3.66. The van der Waals surface area contributed by atoms with Gasteiger partial charge in [-0.25, -0.2) is 0 Å². The molecule has 114 valence electrons. The molecule has 2 amide bonds. The molecule has 1 unspecified atom stereocenters. The number of carbonyl (C=O) groups is 2. The third kappa shape index (κ3) is 4.86. The van der Waals surface area contributed by atoms with Gasteiger partial charge in [-0.05, 0) is 43.0 Å². The van der Waals surface area contributed by atoms with E-state index in [1.54, 1.807) is 24.3 Å². The van der Waals surface area contributed by atoms with E-state index in [-0.39, 0.29) is 29.7 Å². The molecule has 1 aliphatic rings. The molecule has 0 spiro atoms. The van der Waals surface area contributed by atoms with Crippen molar-refractivity contribution in [1.82, 2.24) is 0 Å². The topological polar surface area (TPSA) is 84.2 Å². The first-order chi connectivity index (χ1) is 9.95. The Morgan fingerprint density at radius 1 is 1.14 bits per heavy atom. The van der Waals surface area contributed by atoms with Crippen LogP contribution in [0.15, 0.2) is 24.3 Å². The molecule has 2 rings (SSSR count). The number of hydrogen-bond acceptors (Lipinski definition) is 3. The number of nitrogens with one attached hydrogen (secondary N) is 2. The maximum atomic E-state index is 11.8. The molecule has 0 aromatic heterocycles. The minimum Gasteiger partial charge on any atom is -0.327 e. The third-order valence-corrected chi connectivity index (χ3v) is 3.66. The Morgan fingerprint density at radius 3 is 2.14 bits per heavy atom. The molecule has 1 aliphatic carbocycles. The monoisotopic (exact) mass is 289 g/mol. The standard InChI is InChI=1S/C16H23N3O2/c1-10(2)14(17)9-15(20)18-12-5-7-13(8-6-12)19-16(21)11-3-4-11/h5-8,10-11,14H,3-4,9,17H2,1-2H3,(H,18,20)(H,19,21). The largest absolute Gasteiger partial charge is 0.327 e. The van der Waals surface area contributed by atoms with Crippen LogP contribution in [0.3, 0.4) is 0 Å². The zero-order chi connectivity index (χ0) is 15.4. The Bertz CT molecular complexity index is 507. The minimum atomic E-state index is -0.137. The predicted octanol–water partition coefficient (Wildman–Crippen LogP) is 2.35. The fourth-order valence-electron chi connectivity index (χ4n) is 1.89. The lowest BCUT2D eigenvalue weighted by Gasteiger charge is -2.15. The van der Waals surface area contributed by atoms with Crippen molar-refractivity contribution in [1.29, 1.82) is 0 Å². The van der Waals surface area contributed by atoms with Crippen LogP contribution in [-0.2, 0) is 9.59 Å². The summed E-state index contributed by atoms with van der Waals surface area (Å²) in [5.74, 6) is 0.443. The summed E-state index contributed by atoms with van der Waals surface area (Å²) in [7, 11) is 0. The molecule has 1 aromatic carbocycles. The number of nitrogens with two attached hydrogens (primary N) is 1. The van der Waals surface area contributed by atoms with E-state index in [4.69, 9.17) is 5.73 Å². The van der Waals surface area contributed by atoms with Crippen molar-refractivity contribution in [3.63, 3.8) is 0 Å². The van der Waals surface area contributed by atoms with Crippen molar-refractivity contribution in [3.8, 4) is 0 Å². The lowest BCUT2D eigenvalue weighted by molar-refractivity contribution is -0.117. The number of hydrogen-bond donors (Lipinski definition) is 3. The van der Waals surface area contributed by atoms with Gasteiger partial charge in [0.15, 0.2) is 0 Å². The Kier molecular flexibility index (Phi) is 4.96. The molecule has 0 heterocycles. The zero-order valence-electron chi connectivity index (χ0n) is 12.6. The second-order valence-electron chi connectivity index (χ2n) is 6.00. The fraction of sp³-hybridized carbons (Fsp3) is 0.500. The predicted molar refractivity (Wildman–Crippen MR) is 83.9 cm³/mol. The molecular weight excluding hydrogens is 266 g/mol. The average Bonchev–Trinajstić information content (AvgIpc) is 3.25. The number of benzene rings is 1. The highest BCUT2D eigenvalue weighted by molar-refractivity contribution is 5.95. The van der Waals surface area contributed by atoms with Crippen molar-refractivity contribution in [2.45, 2.75) is 39.2 Å². The van der Waals surface area contributed by atoms with Gasteiger partial charge in [-0.1, -0.05) is 13.8 Å². The maximum Gasteiger partial charge on any atom is 0.227 e. The van der Waals surface area contributed by atoms with Crippen molar-refractivity contribution in [3.05, 3.63) is 24.3 Å². The van der Waals surface area contributed by atoms with Crippen molar-refractivity contribution in [2.24, 2.45) is 17.6 Å². The van der Waals surface area contributed by atoms with E-state index < -0.39 is 0 Å². The normalized spacial score (nSPS) is 15.6. The summed E-state index contributed by atoms with van der Waals surface area (Å²) < 4.78 is 0. The molecular formula is C16H23N3O2. The van der Waals surface area contributed by atoms with E-state index in [9.17, 15) is 9.59 Å². The summed E-state index contributed by atoms with van der Waals surface area (Å²) >= 11 is 0. The maximum absolute atomic E-state index is 11.8. The van der Waals surface area contributed by atoms with Crippen LogP contribution >= 0.6 is 0 Å². The summed E-state index contributed by atoms with van der Waals surface area (Å²) in [4.78, 5) is 23.5. The second kappa shape index (κ2) is 6.72. The summed E-state index contributed by atoms with van der Waals surface area (Å²) in [5, 5.41) is 5.67. The Morgan fingerprint density at radius 2 is 1.67 bits per heavy atom. The highest BCUT2D eigenvalue weighted by atomic mass is 16.2. The van der Waals surface area contributed by atoms with Crippen molar-refractivity contribution < 1.29 is 9.59 Å². The molecule has 0 radical (unpaired) electrons. The van der Waals surface area contributed by atoms with Gasteiger partial charge in [0.05, 0.1) is 0 Å². The van der Waals surface area contributed by atoms with Crippen molar-refractivity contribution >= 4 is 23.2 Å². The average molecular weight is 289 g/mol. The van der Waals surface area contributed by atoms with Crippen LogP contribution in [0.5, 0.6) is 0 Å². The minimum absolute atomic E-state index is 0.0784. The summed E-state index contributed by atoms with van der Waals surface area (Å²) in [5.41, 5.74) is 7.34. The molecule has 4 N–H and O–H groups in total. The van der Waals surface area contributed by atoms with Crippen LogP contribution in [-0.4, -0.2) is 17.9 Å². The van der Waals surface area contributed by atoms with E-state index in [0.29, 0.717) is 12.1 Å². The van der Waals surface area contributed by atoms with E-state index >= 15 is 0 Å². The molecule has 0 saturated heterocycles. The number of carbonyl (C=O) groups excluding carboxylic acids is 2. The van der Waals surface area contributed by atoms with Crippen LogP contribution in [0, 0.1) is 11.8 Å². The molecule has 1 aromatic rings. The lowest BCUT2D eigenvalue weighted by atomic mass is 10.0. The van der Waals surface area contributed by atoms with Gasteiger partial charge in [-0.15, -0.1) is 0 Å². The number of rotatable bonds is 6. The SMILES string of the molecule is CC(C)C(N)CC(=O)Nc1ccc(NC(=O)C2CC2)cc1. The van der Waals surface area contributed by atoms with E-state index in [2.05, 4.69) is 10.6 Å². The lowest BCUT2D eigenvalue weighted by Crippen LogP contribution is -2.31. The molecule has 1 saturated carbocycles. The molecule has 5 heteroatoms. The Balaban J connectivity index is 1.84. The summed E-state index contributed by atoms with van der Waals surface area (Å²) in [6.45, 7) is 3.99. The molecule has 1 atom stereocenters. The first kappa shape index (κ1) is 15.5. The number of anilines is 2. The Hall–Kier alpha value is -1.88. The summed E-state index contributed by atoms with van der Waals surface area (Å²) in [6.07, 6.45) is 2.27. The molecule has 0 aliphatic heterocycles. The highest BCUT2D eigenvalue weighted by Crippen LogP contribution is 2.30. The van der Waals surface area contributed by atoms with Gasteiger partial charge in [-0.3, -0.25) is 9.59 Å². The molecule has 5 nitrogen and oxygen atoms in total. The molecule has 1 fully saturated rings. The van der Waals surface area contributed by atoms with Gasteiger partial charge >= 0.3 is 0 Å². The molecule has 21 heavy (non-hydrogen) atoms. The zero-order valence-corrected chi connectivity index (χ0v) is 12.6. The van der Waals surface area contributed by atoms with Crippen LogP contribution in [0.25, 0.3) is 0 Å². The van der Waals surface area contributed by atoms with E-state index in [1.807, 2.05) is 13.8 Å². The molecule has 0 bridgehead atoms. The first-order valence-corrected chi connectivity index (χ1v) is 7.42. The summed E-state index contributed by atoms with van der Waals surface area (Å²) in [6, 6.07) is 7.00. The van der Waals surface area contributed by atoms with Gasteiger partial charge in [0.2, 0.25) is 11.8 Å². The van der Waals surface area contributed by atoms with E-state index in [0.717, 1.165) is 18.5 Å². The van der Waals surface area contributed by atoms with Gasteiger partial charge in [-0.2, -0.15) is 0 Å². The highest BCUT2D eigenvalue weighted by Gasteiger charge is 2.29. The van der Waals surface area contributed by atoms with Gasteiger partial charge in [0, 0.05) is 29.8 Å². The van der Waals surface area contributed by atoms with Gasteiger partial charge < -0.3 is 16.4 Å². The van der Waals surface area contributed by atoms with Crippen LogP contribution in [0.1, 0.15) is 33.1 Å². The fourth-order valence-corrected chi connectivity index (χ4v) is 1.89. The quantitative estimate of drug-likeness (QED) is 0.751. The van der Waals surface area contributed by atoms with Crippen LogP contribution in [0.4, 0.5) is 11.4 Å². The van der Waals surface area contributed by atoms with Crippen LogP contribution in [0.2, 0.25) is 0 Å². The van der Waals surface area contributed by atoms with E-state index in [1.165, 1.54) is 0 Å².